The molecular weight excluding hydrogens is 406 g/mol. The summed E-state index contributed by atoms with van der Waals surface area (Å²) in [5, 5.41) is 12.7. The van der Waals surface area contributed by atoms with Crippen LogP contribution >= 0.6 is 0 Å². The maximum atomic E-state index is 11.1. The summed E-state index contributed by atoms with van der Waals surface area (Å²) in [5.41, 5.74) is 1.05. The van der Waals surface area contributed by atoms with Gasteiger partial charge in [0.05, 0.1) is 18.8 Å². The summed E-state index contributed by atoms with van der Waals surface area (Å²) >= 11 is 0. The molecule has 30 heavy (non-hydrogen) atoms. The molecule has 0 saturated heterocycles. The quantitative estimate of drug-likeness (QED) is 0.240. The van der Waals surface area contributed by atoms with E-state index in [-0.39, 0.29) is 22.2 Å². The molecule has 1 rings (SSSR count). The molecule has 172 valence electrons. The van der Waals surface area contributed by atoms with E-state index >= 15 is 0 Å². The molecule has 0 aliphatic rings. The Morgan fingerprint density at radius 2 is 1.47 bits per heavy atom. The second-order valence-electron chi connectivity index (χ2n) is 11.3. The van der Waals surface area contributed by atoms with E-state index < -0.39 is 16.6 Å². The zero-order valence-corrected chi connectivity index (χ0v) is 23.0. The van der Waals surface area contributed by atoms with Gasteiger partial charge in [-0.3, -0.25) is 0 Å². The number of hydroxylamine groups is 2. The molecule has 0 aliphatic carbocycles. The molecule has 0 aliphatic heterocycles. The van der Waals surface area contributed by atoms with E-state index in [2.05, 4.69) is 74.3 Å². The first-order valence-electron chi connectivity index (χ1n) is 11.0. The zero-order chi connectivity index (χ0) is 23.4. The van der Waals surface area contributed by atoms with E-state index in [0.29, 0.717) is 13.2 Å². The van der Waals surface area contributed by atoms with Crippen LogP contribution in [0.4, 0.5) is 0 Å². The van der Waals surface area contributed by atoms with Crippen LogP contribution in [0.2, 0.25) is 36.3 Å². The molecule has 0 radical (unpaired) electrons. The summed E-state index contributed by atoms with van der Waals surface area (Å²) in [5.74, 6) is 0. The third kappa shape index (κ3) is 7.43. The second kappa shape index (κ2) is 10.2. The first-order chi connectivity index (χ1) is 13.5. The van der Waals surface area contributed by atoms with Gasteiger partial charge in [0.15, 0.2) is 16.6 Å². The number of nitrogens with zero attached hydrogens (tertiary/aromatic N) is 1. The predicted octanol–water partition coefficient (Wildman–Crippen LogP) is 6.84. The molecule has 0 heterocycles. The summed E-state index contributed by atoms with van der Waals surface area (Å²) in [6.45, 7) is 27.2. The van der Waals surface area contributed by atoms with Gasteiger partial charge >= 0.3 is 0 Å². The SMILES string of the molecule is C=C[C@H](O[Si](C)(C)C(C)(C)C)[C@@H](CO[Si](C)(C)C(C)(C)C)N(O)Cc1ccccc1. The Hall–Kier alpha value is -0.766. The van der Waals surface area contributed by atoms with Gasteiger partial charge in [0.25, 0.3) is 0 Å². The molecular formula is C24H45NO3Si2. The van der Waals surface area contributed by atoms with Crippen molar-refractivity contribution in [1.82, 2.24) is 5.06 Å². The van der Waals surface area contributed by atoms with Gasteiger partial charge in [0.2, 0.25) is 0 Å². The standard InChI is InChI=1S/C24H45NO3Si2/c1-12-22(28-30(10,11)24(5,6)7)21(19-27-29(8,9)23(2,3)4)25(26)18-20-16-14-13-15-17-20/h12-17,21-22,26H,1,18-19H2,2-11H3/t21-,22+/m1/s1. The zero-order valence-electron chi connectivity index (χ0n) is 21.0. The average Bonchev–Trinajstić information content (AvgIpc) is 2.59. The van der Waals surface area contributed by atoms with Crippen molar-refractivity contribution in [1.29, 1.82) is 0 Å². The number of hydrogen-bond acceptors (Lipinski definition) is 4. The molecule has 0 fully saturated rings. The Morgan fingerprint density at radius 3 is 1.90 bits per heavy atom. The fraction of sp³-hybridized carbons (Fsp3) is 0.667. The Morgan fingerprint density at radius 1 is 0.967 bits per heavy atom. The van der Waals surface area contributed by atoms with Crippen LogP contribution in [0.1, 0.15) is 47.1 Å². The highest BCUT2D eigenvalue weighted by Gasteiger charge is 2.43. The summed E-state index contributed by atoms with van der Waals surface area (Å²) in [4.78, 5) is 0. The largest absolute Gasteiger partial charge is 0.415 e. The lowest BCUT2D eigenvalue weighted by atomic mass is 10.1. The maximum Gasteiger partial charge on any atom is 0.192 e. The number of hydrogen-bond donors (Lipinski definition) is 1. The molecule has 0 amide bonds. The lowest BCUT2D eigenvalue weighted by Crippen LogP contribution is -2.53. The minimum atomic E-state index is -2.05. The van der Waals surface area contributed by atoms with Crippen LogP contribution in [-0.2, 0) is 15.4 Å². The molecule has 6 heteroatoms. The van der Waals surface area contributed by atoms with Crippen molar-refractivity contribution in [3.63, 3.8) is 0 Å². The van der Waals surface area contributed by atoms with Gasteiger partial charge in [0.1, 0.15) is 0 Å². The Bertz CT molecular complexity index is 663. The second-order valence-corrected chi connectivity index (χ2v) is 20.9. The van der Waals surface area contributed by atoms with Crippen molar-refractivity contribution in [3.8, 4) is 0 Å². The lowest BCUT2D eigenvalue weighted by molar-refractivity contribution is -0.163. The first kappa shape index (κ1) is 27.3. The van der Waals surface area contributed by atoms with Crippen LogP contribution in [0.5, 0.6) is 0 Å². The van der Waals surface area contributed by atoms with Crippen LogP contribution in [0.25, 0.3) is 0 Å². The van der Waals surface area contributed by atoms with Gasteiger partial charge in [-0.15, -0.1) is 6.58 Å². The van der Waals surface area contributed by atoms with E-state index in [9.17, 15) is 5.21 Å². The maximum absolute atomic E-state index is 11.1. The van der Waals surface area contributed by atoms with Gasteiger partial charge in [-0.05, 0) is 41.8 Å². The van der Waals surface area contributed by atoms with Crippen molar-refractivity contribution >= 4 is 16.6 Å². The van der Waals surface area contributed by atoms with Crippen LogP contribution in [0.15, 0.2) is 43.0 Å². The minimum absolute atomic E-state index is 0.0683. The van der Waals surface area contributed by atoms with E-state index in [1.54, 1.807) is 0 Å². The van der Waals surface area contributed by atoms with Crippen LogP contribution in [-0.4, -0.2) is 45.7 Å². The molecule has 2 atom stereocenters. The van der Waals surface area contributed by atoms with Gasteiger partial charge in [0, 0.05) is 6.54 Å². The monoisotopic (exact) mass is 451 g/mol. The molecule has 1 aromatic rings. The predicted molar refractivity (Wildman–Crippen MR) is 133 cm³/mol. The smallest absolute Gasteiger partial charge is 0.192 e. The summed E-state index contributed by atoms with van der Waals surface area (Å²) in [6.07, 6.45) is 1.51. The molecule has 0 spiro atoms. The van der Waals surface area contributed by atoms with Gasteiger partial charge < -0.3 is 14.1 Å². The first-order valence-corrected chi connectivity index (χ1v) is 16.8. The normalized spacial score (nSPS) is 15.9. The minimum Gasteiger partial charge on any atom is -0.415 e. The van der Waals surface area contributed by atoms with E-state index in [1.165, 1.54) is 5.06 Å². The van der Waals surface area contributed by atoms with Crippen molar-refractivity contribution in [2.45, 2.75) is 96.5 Å². The summed E-state index contributed by atoms with van der Waals surface area (Å²) in [6, 6.07) is 9.67. The Kier molecular flexibility index (Phi) is 9.30. The van der Waals surface area contributed by atoms with Crippen molar-refractivity contribution < 1.29 is 14.1 Å². The van der Waals surface area contributed by atoms with Crippen LogP contribution < -0.4 is 0 Å². The molecule has 0 aromatic heterocycles. The lowest BCUT2D eigenvalue weighted by Gasteiger charge is -2.43. The Balaban J connectivity index is 3.15. The topological polar surface area (TPSA) is 41.9 Å². The van der Waals surface area contributed by atoms with Crippen LogP contribution in [0, 0.1) is 0 Å². The fourth-order valence-electron chi connectivity index (χ4n) is 2.55. The molecule has 0 bridgehead atoms. The van der Waals surface area contributed by atoms with Crippen molar-refractivity contribution in [3.05, 3.63) is 48.6 Å². The molecule has 1 aromatic carbocycles. The van der Waals surface area contributed by atoms with Gasteiger partial charge in [-0.25, -0.2) is 0 Å². The third-order valence-corrected chi connectivity index (χ3v) is 15.8. The third-order valence-electron chi connectivity index (χ3n) is 6.84. The van der Waals surface area contributed by atoms with E-state index in [4.69, 9.17) is 8.85 Å². The average molecular weight is 452 g/mol. The van der Waals surface area contributed by atoms with E-state index in [0.717, 1.165) is 5.56 Å². The van der Waals surface area contributed by atoms with E-state index in [1.807, 2.05) is 36.4 Å². The molecule has 1 N–H and O–H groups in total. The number of rotatable bonds is 10. The fourth-order valence-corrected chi connectivity index (χ4v) is 4.86. The highest BCUT2D eigenvalue weighted by molar-refractivity contribution is 6.74. The summed E-state index contributed by atoms with van der Waals surface area (Å²) in [7, 11) is -4.03. The van der Waals surface area contributed by atoms with Crippen LogP contribution in [0.3, 0.4) is 0 Å². The highest BCUT2D eigenvalue weighted by Crippen LogP contribution is 2.39. The highest BCUT2D eigenvalue weighted by atomic mass is 28.4. The van der Waals surface area contributed by atoms with Gasteiger partial charge in [-0.1, -0.05) is 78.0 Å². The number of benzene rings is 1. The van der Waals surface area contributed by atoms with Crippen molar-refractivity contribution in [2.75, 3.05) is 6.61 Å². The molecule has 0 saturated carbocycles. The molecule has 4 nitrogen and oxygen atoms in total. The Labute approximate surface area is 187 Å². The van der Waals surface area contributed by atoms with Crippen molar-refractivity contribution in [2.24, 2.45) is 0 Å². The molecule has 0 unspecified atom stereocenters. The van der Waals surface area contributed by atoms with Gasteiger partial charge in [-0.2, -0.15) is 5.06 Å². The summed E-state index contributed by atoms with van der Waals surface area (Å²) < 4.78 is 13.2.